The van der Waals surface area contributed by atoms with Gasteiger partial charge in [0.25, 0.3) is 0 Å². The highest BCUT2D eigenvalue weighted by Gasteiger charge is 2.53. The second-order valence-corrected chi connectivity index (χ2v) is 21.7. The lowest BCUT2D eigenvalue weighted by Gasteiger charge is -2.55. The Bertz CT molecular complexity index is 3620. The highest BCUT2D eigenvalue weighted by Crippen LogP contribution is 2.33. The lowest BCUT2D eigenvalue weighted by molar-refractivity contribution is -0.190. The van der Waals surface area contributed by atoms with Crippen LogP contribution in [-0.4, -0.2) is 144 Å². The van der Waals surface area contributed by atoms with E-state index in [1.165, 1.54) is 24.9 Å². The lowest BCUT2D eigenvalue weighted by Crippen LogP contribution is -2.76. The number of benzene rings is 7. The number of piperazine rings is 2. The molecule has 19 nitrogen and oxygen atoms in total. The molecule has 4 saturated heterocycles. The average molecular weight is 1160 g/mol. The van der Waals surface area contributed by atoms with E-state index in [2.05, 4.69) is 22.8 Å². The number of phenolic OH excluding ortho intramolecular Hbond substituents is 1. The molecule has 19 heteroatoms. The predicted molar refractivity (Wildman–Crippen MR) is 326 cm³/mol. The Morgan fingerprint density at radius 1 is 0.535 bits per heavy atom. The molecule has 0 spiro atoms. The first-order valence-corrected chi connectivity index (χ1v) is 29.2. The molecular weight excluding hydrogens is 1080 g/mol. The zero-order valence-corrected chi connectivity index (χ0v) is 48.9. The van der Waals surface area contributed by atoms with E-state index in [-0.39, 0.29) is 94.1 Å². The number of carbonyl (C=O) groups is 6. The number of rotatable bonds is 14. The number of hydrogen-bond acceptors (Lipinski definition) is 11. The molecule has 4 heterocycles. The summed E-state index contributed by atoms with van der Waals surface area (Å²) in [5, 5.41) is 44.9. The maximum absolute atomic E-state index is 14.2. The van der Waals surface area contributed by atoms with E-state index in [0.29, 0.717) is 19.5 Å². The molecule has 442 valence electrons. The predicted octanol–water partition coefficient (Wildman–Crippen LogP) is 8.36. The fraction of sp³-hybridized carbons (Fsp3) is 0.313. The molecule has 4 aliphatic rings. The number of phenols is 1. The maximum atomic E-state index is 14.2. The number of nitriles is 2. The molecule has 0 aromatic heterocycles. The van der Waals surface area contributed by atoms with Crippen LogP contribution in [0.3, 0.4) is 0 Å². The second kappa shape index (κ2) is 28.2. The van der Waals surface area contributed by atoms with Crippen molar-refractivity contribution >= 4 is 57.2 Å². The Labute approximate surface area is 501 Å². The first-order valence-electron chi connectivity index (χ1n) is 29.2. The Balaban J connectivity index is 0.000000201. The third-order valence-electron chi connectivity index (χ3n) is 15.7. The van der Waals surface area contributed by atoms with E-state index in [4.69, 9.17) is 0 Å². The molecule has 4 atom stereocenters. The highest BCUT2D eigenvalue weighted by molar-refractivity contribution is 5.94. The number of hydrazine groups is 2. The normalized spacial score (nSPS) is 18.7. The van der Waals surface area contributed by atoms with Crippen molar-refractivity contribution in [3.8, 4) is 17.9 Å². The van der Waals surface area contributed by atoms with Gasteiger partial charge in [0.05, 0.1) is 38.3 Å². The summed E-state index contributed by atoms with van der Waals surface area (Å²) in [6.45, 7) is 8.78. The van der Waals surface area contributed by atoms with Crippen molar-refractivity contribution in [3.63, 3.8) is 0 Å². The molecule has 0 saturated carbocycles. The van der Waals surface area contributed by atoms with E-state index >= 15 is 0 Å². The molecule has 8 amide bonds. The summed E-state index contributed by atoms with van der Waals surface area (Å²) in [6.07, 6.45) is -0.896. The highest BCUT2D eigenvalue weighted by atomic mass is 16.3. The molecule has 4 aliphatic heterocycles. The topological polar surface area (TPSA) is 220 Å². The zero-order valence-electron chi connectivity index (χ0n) is 48.9. The van der Waals surface area contributed by atoms with Crippen LogP contribution in [-0.2, 0) is 51.8 Å². The molecular formula is C67H72N12O7. The van der Waals surface area contributed by atoms with Crippen LogP contribution in [0.4, 0.5) is 9.59 Å². The number of hydrogen-bond donors (Lipinski definition) is 3. The van der Waals surface area contributed by atoms with Gasteiger partial charge in [-0.2, -0.15) is 20.5 Å². The van der Waals surface area contributed by atoms with Crippen molar-refractivity contribution in [2.24, 2.45) is 5.92 Å². The van der Waals surface area contributed by atoms with Crippen LogP contribution in [0.5, 0.6) is 5.75 Å². The van der Waals surface area contributed by atoms with Gasteiger partial charge in [-0.05, 0) is 73.8 Å². The van der Waals surface area contributed by atoms with Crippen LogP contribution in [0.15, 0.2) is 170 Å². The smallest absolute Gasteiger partial charge is 0.334 e. The van der Waals surface area contributed by atoms with E-state index in [1.54, 1.807) is 39.0 Å². The van der Waals surface area contributed by atoms with E-state index in [9.17, 15) is 44.4 Å². The van der Waals surface area contributed by atoms with Gasteiger partial charge in [0.15, 0.2) is 0 Å². The number of nitrogens with zero attached hydrogens (tertiary/aromatic N) is 10. The van der Waals surface area contributed by atoms with Crippen LogP contribution in [0, 0.1) is 28.6 Å². The summed E-state index contributed by atoms with van der Waals surface area (Å²) in [5.41, 5.74) is 4.55. The quantitative estimate of drug-likeness (QED) is 0.0879. The van der Waals surface area contributed by atoms with Crippen molar-refractivity contribution in [3.05, 3.63) is 198 Å². The van der Waals surface area contributed by atoms with E-state index in [0.717, 1.165) is 49.4 Å². The van der Waals surface area contributed by atoms with Crippen LogP contribution < -0.4 is 10.6 Å². The summed E-state index contributed by atoms with van der Waals surface area (Å²) in [7, 11) is 0. The Morgan fingerprint density at radius 2 is 0.942 bits per heavy atom. The first-order chi connectivity index (χ1) is 41.8. The molecule has 0 aliphatic carbocycles. The third-order valence-corrected chi connectivity index (χ3v) is 15.7. The molecule has 7 aromatic rings. The standard InChI is InChI=1S/C34H32N6O4.C31H34N6O3.C2H6/c35-17-18-38-23-32(42)39-30(19-24-13-15-28(41)16-14-24)33(43)37(21-27-11-6-10-26-9-4-5-12-29(26)27)22-31(39)40(38)34(44)36-20-25-7-2-1-3-8-25;1-22(2)17-27-30(39)34(19-25-13-8-12-24-11-6-7-14-26(24)25)20-28-36(27)29(38)21-35(16-15-32)37(28)31(40)33-18-23-9-4-3-5-10-23;1-2/h1-16,30-31,41H,18-23H2,(H,36,44);3-14,22,27-28H,16-21H2,1-2H3,(H,33,40);1-2H3/t30?,31-;27-,28?;/m00./s1. The molecule has 11 rings (SSSR count). The number of amides is 8. The van der Waals surface area contributed by atoms with Crippen molar-refractivity contribution in [2.75, 3.05) is 39.3 Å². The number of fused-ring (bicyclic) bond motifs is 4. The van der Waals surface area contributed by atoms with Gasteiger partial charge in [0.1, 0.15) is 43.3 Å². The molecule has 86 heavy (non-hydrogen) atoms. The summed E-state index contributed by atoms with van der Waals surface area (Å²) >= 11 is 0. The van der Waals surface area contributed by atoms with Crippen LogP contribution in [0.25, 0.3) is 21.5 Å². The minimum Gasteiger partial charge on any atom is -0.508 e. The van der Waals surface area contributed by atoms with Crippen molar-refractivity contribution < 1.29 is 33.9 Å². The van der Waals surface area contributed by atoms with Gasteiger partial charge < -0.3 is 35.3 Å². The molecule has 0 radical (unpaired) electrons. The number of carbonyl (C=O) groups excluding carboxylic acids is 6. The van der Waals surface area contributed by atoms with Gasteiger partial charge >= 0.3 is 12.1 Å². The van der Waals surface area contributed by atoms with E-state index < -0.39 is 36.5 Å². The SMILES string of the molecule is CC.CC(C)C[C@H]1C(=O)N(Cc2cccc3ccccc23)CC2N1C(=O)CN(CC#N)N2C(=O)NCc1ccccc1.N#CCN1CC(=O)N2C(Cc3ccc(O)cc3)C(=O)N(Cc3cccc4ccccc34)C[C@@H]2N1C(=O)NCc1ccccc1. The lowest BCUT2D eigenvalue weighted by atomic mass is 9.96. The number of aromatic hydroxyl groups is 1. The van der Waals surface area contributed by atoms with Crippen LogP contribution in [0.1, 0.15) is 61.9 Å². The van der Waals surface area contributed by atoms with Crippen molar-refractivity contribution in [1.82, 2.24) is 50.3 Å². The fourth-order valence-electron chi connectivity index (χ4n) is 11.8. The fourth-order valence-corrected chi connectivity index (χ4v) is 11.8. The summed E-state index contributed by atoms with van der Waals surface area (Å²) in [6, 6.07) is 55.2. The van der Waals surface area contributed by atoms with E-state index in [1.807, 2.05) is 173 Å². The number of nitrogens with one attached hydrogen (secondary N) is 2. The monoisotopic (exact) mass is 1160 g/mol. The molecule has 3 N–H and O–H groups in total. The maximum Gasteiger partial charge on any atom is 0.334 e. The second-order valence-electron chi connectivity index (χ2n) is 21.7. The van der Waals surface area contributed by atoms with Gasteiger partial charge in [-0.25, -0.2) is 19.6 Å². The minimum absolute atomic E-state index is 0.0700. The minimum atomic E-state index is -0.894. The molecule has 0 bridgehead atoms. The zero-order chi connectivity index (χ0) is 60.9. The van der Waals surface area contributed by atoms with Gasteiger partial charge in [0.2, 0.25) is 23.6 Å². The Kier molecular flexibility index (Phi) is 19.9. The molecule has 4 fully saturated rings. The summed E-state index contributed by atoms with van der Waals surface area (Å²) in [5.74, 6) is -0.687. The van der Waals surface area contributed by atoms with Gasteiger partial charge in [-0.1, -0.05) is 185 Å². The van der Waals surface area contributed by atoms with Crippen LogP contribution >= 0.6 is 0 Å². The molecule has 2 unspecified atom stereocenters. The Hall–Kier alpha value is -9.82. The average Bonchev–Trinajstić information content (AvgIpc) is 1.10. The summed E-state index contributed by atoms with van der Waals surface area (Å²) < 4.78 is 0. The Morgan fingerprint density at radius 3 is 1.38 bits per heavy atom. The third kappa shape index (κ3) is 13.7. The summed E-state index contributed by atoms with van der Waals surface area (Å²) in [4.78, 5) is 89.4. The first kappa shape index (κ1) is 60.8. The largest absolute Gasteiger partial charge is 0.508 e. The van der Waals surface area contributed by atoms with Crippen LogP contribution in [0.2, 0.25) is 0 Å². The molecule has 7 aromatic carbocycles. The van der Waals surface area contributed by atoms with Gasteiger partial charge in [0, 0.05) is 32.6 Å². The van der Waals surface area contributed by atoms with Gasteiger partial charge in [-0.3, -0.25) is 19.2 Å². The van der Waals surface area contributed by atoms with Crippen molar-refractivity contribution in [2.45, 2.75) is 91.1 Å². The van der Waals surface area contributed by atoms with Crippen molar-refractivity contribution in [1.29, 1.82) is 10.5 Å². The van der Waals surface area contributed by atoms with Gasteiger partial charge in [-0.15, -0.1) is 0 Å². The number of urea groups is 2.